The smallest absolute Gasteiger partial charge is 0.488 e. The molecule has 142 valence electrons. The van der Waals surface area contributed by atoms with Crippen LogP contribution in [-0.2, 0) is 20.1 Å². The summed E-state index contributed by atoms with van der Waals surface area (Å²) in [7, 11) is -4.15. The Morgan fingerprint density at radius 2 is 2.04 bits per heavy atom. The van der Waals surface area contributed by atoms with Gasteiger partial charge in [0, 0.05) is 9.92 Å². The molecule has 2 rings (SSSR count). The van der Waals surface area contributed by atoms with Crippen molar-refractivity contribution in [2.24, 2.45) is 11.8 Å². The van der Waals surface area contributed by atoms with Crippen LogP contribution >= 0.6 is 31.2 Å². The average molecular weight is 418 g/mol. The summed E-state index contributed by atoms with van der Waals surface area (Å²) in [6.07, 6.45) is 1.42. The van der Waals surface area contributed by atoms with Crippen molar-refractivity contribution < 1.29 is 23.7 Å². The Morgan fingerprint density at radius 3 is 2.69 bits per heavy atom. The molecule has 0 radical (unpaired) electrons. The SMILES string of the molecule is CC(CCc1ccc(Sc2ccccc2O)cc1Cl)COP(=O)(O)ON. The summed E-state index contributed by atoms with van der Waals surface area (Å²) in [5.74, 6) is 4.94. The van der Waals surface area contributed by atoms with Crippen LogP contribution in [0.2, 0.25) is 5.02 Å². The van der Waals surface area contributed by atoms with Gasteiger partial charge in [0.05, 0.1) is 11.5 Å². The zero-order chi connectivity index (χ0) is 19.2. The van der Waals surface area contributed by atoms with Crippen molar-refractivity contribution in [1.82, 2.24) is 0 Å². The molecule has 0 heterocycles. The topological polar surface area (TPSA) is 102 Å². The minimum atomic E-state index is -4.15. The first-order chi connectivity index (χ1) is 12.3. The van der Waals surface area contributed by atoms with E-state index in [2.05, 4.69) is 10.5 Å². The minimum Gasteiger partial charge on any atom is -0.507 e. The predicted octanol–water partition coefficient (Wildman–Crippen LogP) is 4.77. The van der Waals surface area contributed by atoms with Gasteiger partial charge >= 0.3 is 7.82 Å². The number of hydrogen-bond acceptors (Lipinski definition) is 6. The van der Waals surface area contributed by atoms with Gasteiger partial charge in [0.15, 0.2) is 0 Å². The number of halogens is 1. The first-order valence-electron chi connectivity index (χ1n) is 7.91. The highest BCUT2D eigenvalue weighted by atomic mass is 35.5. The Hall–Kier alpha value is -1.05. The number of para-hydroxylation sites is 1. The lowest BCUT2D eigenvalue weighted by molar-refractivity contribution is 0.133. The molecule has 9 heteroatoms. The summed E-state index contributed by atoms with van der Waals surface area (Å²) in [4.78, 5) is 10.8. The second-order valence-corrected chi connectivity index (χ2v) is 8.77. The fraction of sp³-hybridized carbons (Fsp3) is 0.294. The Morgan fingerprint density at radius 1 is 1.31 bits per heavy atom. The van der Waals surface area contributed by atoms with Crippen LogP contribution in [0.1, 0.15) is 18.9 Å². The van der Waals surface area contributed by atoms with Crippen LogP contribution in [0.5, 0.6) is 5.75 Å². The van der Waals surface area contributed by atoms with E-state index in [1.807, 2.05) is 37.3 Å². The summed E-state index contributed by atoms with van der Waals surface area (Å²) in [5, 5.41) is 10.5. The highest BCUT2D eigenvalue weighted by molar-refractivity contribution is 7.99. The number of phosphoric acid groups is 1. The summed E-state index contributed by atoms with van der Waals surface area (Å²) in [6, 6.07) is 12.9. The molecule has 0 aliphatic heterocycles. The fourth-order valence-corrected chi connectivity index (χ4v) is 3.93. The molecule has 2 aromatic rings. The molecule has 0 aliphatic carbocycles. The van der Waals surface area contributed by atoms with E-state index in [9.17, 15) is 9.67 Å². The monoisotopic (exact) mass is 417 g/mol. The van der Waals surface area contributed by atoms with Gasteiger partial charge in [-0.15, -0.1) is 0 Å². The van der Waals surface area contributed by atoms with E-state index in [4.69, 9.17) is 21.0 Å². The predicted molar refractivity (Wildman–Crippen MR) is 102 cm³/mol. The second-order valence-electron chi connectivity index (χ2n) is 5.84. The molecule has 2 unspecified atom stereocenters. The Balaban J connectivity index is 1.91. The third-order valence-corrected chi connectivity index (χ3v) is 5.83. The van der Waals surface area contributed by atoms with Crippen molar-refractivity contribution in [2.75, 3.05) is 6.61 Å². The van der Waals surface area contributed by atoms with Crippen molar-refractivity contribution in [1.29, 1.82) is 0 Å². The van der Waals surface area contributed by atoms with Crippen LogP contribution in [0.25, 0.3) is 0 Å². The highest BCUT2D eigenvalue weighted by Crippen LogP contribution is 2.41. The molecule has 0 aromatic heterocycles. The molecule has 0 saturated carbocycles. The molecule has 2 atom stereocenters. The largest absolute Gasteiger partial charge is 0.507 e. The van der Waals surface area contributed by atoms with Crippen molar-refractivity contribution in [3.05, 3.63) is 53.1 Å². The lowest BCUT2D eigenvalue weighted by Crippen LogP contribution is -2.08. The summed E-state index contributed by atoms with van der Waals surface area (Å²) in [5.41, 5.74) is 0.974. The van der Waals surface area contributed by atoms with Gasteiger partial charge in [0.25, 0.3) is 0 Å². The molecule has 0 spiro atoms. The number of rotatable bonds is 9. The van der Waals surface area contributed by atoms with Crippen LogP contribution < -0.4 is 5.90 Å². The van der Waals surface area contributed by atoms with Crippen LogP contribution in [0.3, 0.4) is 0 Å². The molecular weight excluding hydrogens is 397 g/mol. The molecule has 0 bridgehead atoms. The molecule has 0 aliphatic rings. The first kappa shape index (κ1) is 21.3. The van der Waals surface area contributed by atoms with E-state index in [1.165, 1.54) is 11.8 Å². The quantitative estimate of drug-likeness (QED) is 0.399. The maximum absolute atomic E-state index is 11.2. The van der Waals surface area contributed by atoms with Crippen LogP contribution in [0, 0.1) is 5.92 Å². The fourth-order valence-electron chi connectivity index (χ4n) is 2.20. The normalized spacial score (nSPS) is 14.8. The molecule has 26 heavy (non-hydrogen) atoms. The number of phenols is 1. The Bertz CT molecular complexity index is 791. The van der Waals surface area contributed by atoms with Crippen LogP contribution in [0.4, 0.5) is 0 Å². The molecular formula is C17H21ClNO5PS. The molecule has 0 amide bonds. The van der Waals surface area contributed by atoms with Gasteiger partial charge in [-0.3, -0.25) is 4.52 Å². The van der Waals surface area contributed by atoms with Gasteiger partial charge in [-0.2, -0.15) is 0 Å². The van der Waals surface area contributed by atoms with E-state index in [0.29, 0.717) is 11.4 Å². The third-order valence-electron chi connectivity index (χ3n) is 3.68. The third kappa shape index (κ3) is 6.59. The number of benzene rings is 2. The first-order valence-corrected chi connectivity index (χ1v) is 10.6. The van der Waals surface area contributed by atoms with Gasteiger partial charge in [-0.1, -0.05) is 48.5 Å². The second kappa shape index (κ2) is 9.76. The van der Waals surface area contributed by atoms with Crippen LogP contribution in [0.15, 0.2) is 52.3 Å². The summed E-state index contributed by atoms with van der Waals surface area (Å²) >= 11 is 7.80. The maximum atomic E-state index is 11.2. The molecule has 0 saturated heterocycles. The number of phosphoric ester groups is 1. The molecule has 2 aromatic carbocycles. The summed E-state index contributed by atoms with van der Waals surface area (Å²) in [6.45, 7) is 1.95. The zero-order valence-corrected chi connectivity index (χ0v) is 16.6. The Labute approximate surface area is 161 Å². The molecule has 6 nitrogen and oxygen atoms in total. The van der Waals surface area contributed by atoms with Gasteiger partial charge in [0.1, 0.15) is 5.75 Å². The number of phenolic OH excluding ortho intramolecular Hbond substituents is 1. The lowest BCUT2D eigenvalue weighted by atomic mass is 10.0. The standard InChI is InChI=1S/C17H21ClNO5PS/c1-12(11-23-25(21,22)24-19)6-7-13-8-9-14(10-15(13)18)26-17-5-3-2-4-16(17)20/h2-5,8-10,12,20H,6-7,11,19H2,1H3,(H,21,22). The van der Waals surface area contributed by atoms with E-state index >= 15 is 0 Å². The van der Waals surface area contributed by atoms with E-state index in [0.717, 1.165) is 21.8 Å². The van der Waals surface area contributed by atoms with Crippen molar-refractivity contribution in [3.63, 3.8) is 0 Å². The minimum absolute atomic E-state index is 0.0250. The van der Waals surface area contributed by atoms with Crippen molar-refractivity contribution in [3.8, 4) is 5.75 Å². The highest BCUT2D eigenvalue weighted by Gasteiger charge is 2.20. The summed E-state index contributed by atoms with van der Waals surface area (Å²) < 4.78 is 19.8. The van der Waals surface area contributed by atoms with Crippen molar-refractivity contribution in [2.45, 2.75) is 29.6 Å². The number of aryl methyl sites for hydroxylation is 1. The number of aromatic hydroxyl groups is 1. The number of hydrogen-bond donors (Lipinski definition) is 3. The molecule has 0 fully saturated rings. The lowest BCUT2D eigenvalue weighted by Gasteiger charge is -2.14. The van der Waals surface area contributed by atoms with E-state index in [1.54, 1.807) is 12.1 Å². The average Bonchev–Trinajstić information content (AvgIpc) is 2.61. The number of nitrogens with two attached hydrogens (primary N) is 1. The van der Waals surface area contributed by atoms with E-state index < -0.39 is 7.82 Å². The van der Waals surface area contributed by atoms with Gasteiger partial charge in [-0.05, 0) is 48.6 Å². The van der Waals surface area contributed by atoms with Gasteiger partial charge in [-0.25, -0.2) is 15.1 Å². The zero-order valence-electron chi connectivity index (χ0n) is 14.2. The van der Waals surface area contributed by atoms with E-state index in [-0.39, 0.29) is 18.3 Å². The van der Waals surface area contributed by atoms with Gasteiger partial charge < -0.3 is 10.00 Å². The van der Waals surface area contributed by atoms with Crippen LogP contribution in [-0.4, -0.2) is 16.6 Å². The molecule has 4 N–H and O–H groups in total. The van der Waals surface area contributed by atoms with Gasteiger partial charge in [0.2, 0.25) is 0 Å². The van der Waals surface area contributed by atoms with Crippen molar-refractivity contribution >= 4 is 31.2 Å². The maximum Gasteiger partial charge on any atom is 0.488 e. The Kier molecular flexibility index (Phi) is 7.98.